The third kappa shape index (κ3) is 10.8. The monoisotopic (exact) mass is 768 g/mol. The zero-order chi connectivity index (χ0) is 39.6. The molecular formula is C39H52N4O12. The number of aliphatic hydroxyl groups excluding tert-OH is 2. The summed E-state index contributed by atoms with van der Waals surface area (Å²) in [7, 11) is 0. The molecule has 4 aliphatic rings. The summed E-state index contributed by atoms with van der Waals surface area (Å²) in [4.78, 5) is 74.8. The predicted octanol–water partition coefficient (Wildman–Crippen LogP) is 2.40. The van der Waals surface area contributed by atoms with Crippen LogP contribution in [0.15, 0.2) is 42.0 Å². The minimum atomic E-state index is -1.12. The maximum absolute atomic E-state index is 13.2. The van der Waals surface area contributed by atoms with Crippen molar-refractivity contribution in [2.45, 2.75) is 83.1 Å². The number of carboxylic acids is 1. The summed E-state index contributed by atoms with van der Waals surface area (Å²) in [5.41, 5.74) is 1.90. The lowest BCUT2D eigenvalue weighted by Gasteiger charge is -2.43. The van der Waals surface area contributed by atoms with E-state index in [9.17, 15) is 39.0 Å². The highest BCUT2D eigenvalue weighted by atomic mass is 16.6. The molecule has 8 atom stereocenters. The molecule has 1 fully saturated rings. The van der Waals surface area contributed by atoms with Crippen LogP contribution in [0, 0.1) is 23.7 Å². The van der Waals surface area contributed by atoms with Gasteiger partial charge < -0.3 is 40.2 Å². The molecule has 0 aromatic heterocycles. The quantitative estimate of drug-likeness (QED) is 0.0879. The normalized spacial score (nSPS) is 25.7. The summed E-state index contributed by atoms with van der Waals surface area (Å²) in [5.74, 6) is -2.99. The fraction of sp³-hybridized carbons (Fsp3) is 0.590. The molecule has 1 aromatic carbocycles. The summed E-state index contributed by atoms with van der Waals surface area (Å²) in [6, 6.07) is 3.80. The van der Waals surface area contributed by atoms with Crippen molar-refractivity contribution in [1.29, 1.82) is 0 Å². The first-order valence-corrected chi connectivity index (χ1v) is 19.0. The van der Waals surface area contributed by atoms with E-state index in [2.05, 4.69) is 48.0 Å². The molecule has 1 saturated heterocycles. The molecule has 16 heteroatoms. The number of anilines is 1. The zero-order valence-corrected chi connectivity index (χ0v) is 31.2. The van der Waals surface area contributed by atoms with Crippen molar-refractivity contribution in [2.75, 3.05) is 44.8 Å². The van der Waals surface area contributed by atoms with Gasteiger partial charge in [-0.2, -0.15) is 0 Å². The molecule has 0 spiro atoms. The van der Waals surface area contributed by atoms with Crippen molar-refractivity contribution < 1.29 is 58.3 Å². The molecule has 2 aliphatic carbocycles. The van der Waals surface area contributed by atoms with Gasteiger partial charge in [0.2, 0.25) is 11.8 Å². The van der Waals surface area contributed by atoms with Crippen LogP contribution in [0.2, 0.25) is 0 Å². The Kier molecular flexibility index (Phi) is 14.6. The molecule has 0 saturated carbocycles. The number of aliphatic carboxylic acids is 1. The van der Waals surface area contributed by atoms with Crippen molar-refractivity contribution in [2.24, 2.45) is 23.7 Å². The Labute approximate surface area is 319 Å². The van der Waals surface area contributed by atoms with Gasteiger partial charge >= 0.3 is 12.1 Å². The van der Waals surface area contributed by atoms with Crippen LogP contribution in [0.3, 0.4) is 0 Å². The number of alkyl carbamates (subject to hydrolysis) is 1. The lowest BCUT2D eigenvalue weighted by atomic mass is 9.65. The predicted molar refractivity (Wildman–Crippen MR) is 197 cm³/mol. The number of rotatable bonds is 19. The number of imide groups is 2. The SMILES string of the molecule is C[C@H]1C=C2C=C[C@H](C)[C@H](CC[C@@H](O)C[C@@H](O)CC(=O)O)[C@H]2[C@@H](OC(=O)NCCOCCOCCNc2cccc3c2C(=O)N(C2CCC(=O)NC2=O)C3=O)C1. The van der Waals surface area contributed by atoms with E-state index >= 15 is 0 Å². The van der Waals surface area contributed by atoms with Gasteiger partial charge in [-0.15, -0.1) is 0 Å². The summed E-state index contributed by atoms with van der Waals surface area (Å²) in [6.45, 7) is 5.77. The number of nitrogens with zero attached hydrogens (tertiary/aromatic N) is 1. The minimum Gasteiger partial charge on any atom is -0.481 e. The van der Waals surface area contributed by atoms with E-state index in [1.165, 1.54) is 6.07 Å². The number of fused-ring (bicyclic) bond motifs is 2. The molecule has 16 nitrogen and oxygen atoms in total. The number of hydrogen-bond acceptors (Lipinski definition) is 12. The lowest BCUT2D eigenvalue weighted by molar-refractivity contribution is -0.140. The van der Waals surface area contributed by atoms with E-state index < -0.39 is 60.4 Å². The summed E-state index contributed by atoms with van der Waals surface area (Å²) < 4.78 is 17.2. The number of carbonyl (C=O) groups is 6. The van der Waals surface area contributed by atoms with Crippen molar-refractivity contribution in [3.8, 4) is 0 Å². The number of aliphatic hydroxyl groups is 2. The molecule has 0 radical (unpaired) electrons. The van der Waals surface area contributed by atoms with Crippen molar-refractivity contribution >= 4 is 41.4 Å². The van der Waals surface area contributed by atoms with Gasteiger partial charge in [0.15, 0.2) is 0 Å². The average molecular weight is 769 g/mol. The van der Waals surface area contributed by atoms with Crippen LogP contribution >= 0.6 is 0 Å². The Bertz CT molecular complexity index is 1660. The zero-order valence-electron chi connectivity index (χ0n) is 31.2. The summed E-state index contributed by atoms with van der Waals surface area (Å²) in [6.07, 6.45) is 4.90. The van der Waals surface area contributed by atoms with Gasteiger partial charge in [-0.3, -0.25) is 34.2 Å². The molecule has 300 valence electrons. The molecule has 2 heterocycles. The van der Waals surface area contributed by atoms with Crippen LogP contribution in [-0.2, 0) is 28.6 Å². The Balaban J connectivity index is 0.985. The lowest BCUT2D eigenvalue weighted by Crippen LogP contribution is -2.54. The number of ether oxygens (including phenoxy) is 3. The van der Waals surface area contributed by atoms with Gasteiger partial charge in [-0.25, -0.2) is 4.79 Å². The standard InChI is InChI=1S/C39H52N4O12/c1-22-18-24-7-6-23(2)27(9-8-25(44)20-26(45)21-33(47)48)34(24)31(19-22)55-39(52)41-13-15-54-17-16-53-14-12-40-29-5-3-4-28-35(29)38(51)43(37(28)50)30-10-11-32(46)42-36(30)49/h3-7,18,22-23,25-27,30-31,34,40,44-45H,8-17,19-21H2,1-2H3,(H,41,52)(H,47,48)(H,42,46,49)/t22-,23-,25+,26+,27-,30?,31-,34-/m0/s1. The van der Waals surface area contributed by atoms with Crippen LogP contribution in [0.5, 0.6) is 0 Å². The highest BCUT2D eigenvalue weighted by Gasteiger charge is 2.46. The number of carbonyl (C=O) groups excluding carboxylic acids is 5. The van der Waals surface area contributed by atoms with E-state index in [0.717, 1.165) is 10.5 Å². The second-order valence-electron chi connectivity index (χ2n) is 14.7. The molecule has 55 heavy (non-hydrogen) atoms. The topological polar surface area (TPSA) is 230 Å². The minimum absolute atomic E-state index is 0.0135. The van der Waals surface area contributed by atoms with Gasteiger partial charge in [0.1, 0.15) is 12.1 Å². The van der Waals surface area contributed by atoms with Crippen LogP contribution in [0.1, 0.15) is 79.5 Å². The van der Waals surface area contributed by atoms with Gasteiger partial charge in [0.25, 0.3) is 11.8 Å². The highest BCUT2D eigenvalue weighted by Crippen LogP contribution is 2.45. The van der Waals surface area contributed by atoms with E-state index in [1.807, 2.05) is 0 Å². The van der Waals surface area contributed by atoms with Gasteiger partial charge in [-0.05, 0) is 67.6 Å². The van der Waals surface area contributed by atoms with Crippen LogP contribution in [-0.4, -0.2) is 120 Å². The third-order valence-electron chi connectivity index (χ3n) is 10.6. The maximum Gasteiger partial charge on any atom is 0.407 e. The Morgan fingerprint density at radius 2 is 1.75 bits per heavy atom. The Morgan fingerprint density at radius 3 is 2.47 bits per heavy atom. The number of benzene rings is 1. The van der Waals surface area contributed by atoms with E-state index in [-0.39, 0.29) is 93.1 Å². The fourth-order valence-electron chi connectivity index (χ4n) is 7.97. The van der Waals surface area contributed by atoms with Crippen molar-refractivity contribution in [3.05, 3.63) is 53.1 Å². The number of piperidine rings is 1. The molecule has 1 unspecified atom stereocenters. The molecule has 1 aromatic rings. The van der Waals surface area contributed by atoms with Crippen LogP contribution in [0.4, 0.5) is 10.5 Å². The largest absolute Gasteiger partial charge is 0.481 e. The molecular weight excluding hydrogens is 716 g/mol. The maximum atomic E-state index is 13.2. The summed E-state index contributed by atoms with van der Waals surface area (Å²) >= 11 is 0. The second-order valence-corrected chi connectivity index (χ2v) is 14.7. The number of amides is 5. The third-order valence-corrected chi connectivity index (χ3v) is 10.6. The Morgan fingerprint density at radius 1 is 1.00 bits per heavy atom. The highest BCUT2D eigenvalue weighted by molar-refractivity contribution is 6.25. The molecule has 6 N–H and O–H groups in total. The first-order valence-electron chi connectivity index (χ1n) is 19.0. The Hall–Kier alpha value is -4.64. The number of hydrogen-bond donors (Lipinski definition) is 6. The summed E-state index contributed by atoms with van der Waals surface area (Å²) in [5, 5.41) is 37.4. The van der Waals surface area contributed by atoms with E-state index in [1.54, 1.807) is 12.1 Å². The molecule has 0 bridgehead atoms. The van der Waals surface area contributed by atoms with E-state index in [4.69, 9.17) is 19.3 Å². The first-order chi connectivity index (χ1) is 26.3. The van der Waals surface area contributed by atoms with Crippen molar-refractivity contribution in [3.63, 3.8) is 0 Å². The molecule has 2 aliphatic heterocycles. The fourth-order valence-corrected chi connectivity index (χ4v) is 7.97. The van der Waals surface area contributed by atoms with Crippen LogP contribution in [0.25, 0.3) is 0 Å². The molecule has 5 rings (SSSR count). The van der Waals surface area contributed by atoms with Crippen LogP contribution < -0.4 is 16.0 Å². The first kappa shape index (κ1) is 41.5. The average Bonchev–Trinajstić information content (AvgIpc) is 3.37. The van der Waals surface area contributed by atoms with Gasteiger partial charge in [0, 0.05) is 31.1 Å². The van der Waals surface area contributed by atoms with Gasteiger partial charge in [-0.1, -0.05) is 38.1 Å². The van der Waals surface area contributed by atoms with E-state index in [0.29, 0.717) is 31.5 Å². The van der Waals surface area contributed by atoms with Gasteiger partial charge in [0.05, 0.1) is 56.2 Å². The number of carboxylic acid groups (broad SMARTS) is 1. The van der Waals surface area contributed by atoms with Crippen molar-refractivity contribution in [1.82, 2.24) is 15.5 Å². The molecule has 5 amide bonds. The second kappa shape index (κ2) is 19.3. The number of nitrogens with one attached hydrogen (secondary N) is 3. The smallest absolute Gasteiger partial charge is 0.407 e. The number of allylic oxidation sites excluding steroid dienone is 3.